The van der Waals surface area contributed by atoms with E-state index in [1.165, 1.54) is 6.07 Å². The zero-order valence-electron chi connectivity index (χ0n) is 10.8. The van der Waals surface area contributed by atoms with Gasteiger partial charge in [-0.05, 0) is 35.6 Å². The maximum atomic E-state index is 13.9. The van der Waals surface area contributed by atoms with Crippen LogP contribution in [0.1, 0.15) is 18.1 Å². The first kappa shape index (κ1) is 13.8. The summed E-state index contributed by atoms with van der Waals surface area (Å²) >= 11 is 8.17. The molecule has 0 saturated carbocycles. The Morgan fingerprint density at radius 1 is 1.40 bits per heavy atom. The van der Waals surface area contributed by atoms with Gasteiger partial charge in [0.25, 0.3) is 0 Å². The predicted molar refractivity (Wildman–Crippen MR) is 84.8 cm³/mol. The van der Waals surface area contributed by atoms with Gasteiger partial charge in [0.1, 0.15) is 11.6 Å². The Hall–Kier alpha value is -1.15. The molecule has 2 aromatic heterocycles. The minimum absolute atomic E-state index is 0.267. The number of aromatic nitrogens is 4. The number of halogens is 3. The third-order valence-electron chi connectivity index (χ3n) is 3.03. The van der Waals surface area contributed by atoms with Crippen molar-refractivity contribution in [2.24, 2.45) is 7.05 Å². The molecule has 0 aliphatic carbocycles. The molecule has 0 aliphatic heterocycles. The summed E-state index contributed by atoms with van der Waals surface area (Å²) in [6, 6.07) is 3.21. The van der Waals surface area contributed by atoms with Crippen LogP contribution in [0.15, 0.2) is 24.5 Å². The molecule has 0 amide bonds. The van der Waals surface area contributed by atoms with E-state index < -0.39 is 0 Å². The fraction of sp³-hybridized carbons (Fsp3) is 0.231. The van der Waals surface area contributed by atoms with Crippen LogP contribution < -0.4 is 0 Å². The summed E-state index contributed by atoms with van der Waals surface area (Å²) in [6.45, 7) is 1.84. The summed E-state index contributed by atoms with van der Waals surface area (Å²) < 4.78 is 17.9. The number of aryl methyl sites for hydroxylation is 1. The lowest BCUT2D eigenvalue weighted by Gasteiger charge is -2.07. The molecular weight excluding hydrogens is 394 g/mol. The highest BCUT2D eigenvalue weighted by Crippen LogP contribution is 2.29. The Balaban J connectivity index is 2.37. The summed E-state index contributed by atoms with van der Waals surface area (Å²) in [7, 11) is 1.83. The largest absolute Gasteiger partial charge is 0.292 e. The van der Waals surface area contributed by atoms with Gasteiger partial charge in [-0.2, -0.15) is 5.10 Å². The Bertz CT molecular complexity index is 793. The Kier molecular flexibility index (Phi) is 3.45. The fourth-order valence-corrected chi connectivity index (χ4v) is 2.75. The summed E-state index contributed by atoms with van der Waals surface area (Å²) in [4.78, 5) is 4.52. The summed E-state index contributed by atoms with van der Waals surface area (Å²) in [5, 5.41) is 3.86. The fourth-order valence-electron chi connectivity index (χ4n) is 2.15. The van der Waals surface area contributed by atoms with Crippen molar-refractivity contribution in [1.29, 1.82) is 0 Å². The quantitative estimate of drug-likeness (QED) is 0.481. The molecule has 0 spiro atoms. The molecule has 3 aromatic rings. The highest BCUT2D eigenvalue weighted by molar-refractivity contribution is 14.1. The van der Waals surface area contributed by atoms with Crippen LogP contribution in [0.25, 0.3) is 16.7 Å². The second kappa shape index (κ2) is 5.00. The van der Waals surface area contributed by atoms with Gasteiger partial charge in [-0.1, -0.05) is 0 Å². The number of rotatable bonds is 2. The number of benzene rings is 1. The third kappa shape index (κ3) is 2.20. The smallest absolute Gasteiger partial charge is 0.138 e. The van der Waals surface area contributed by atoms with E-state index in [4.69, 9.17) is 11.6 Å². The van der Waals surface area contributed by atoms with E-state index in [0.29, 0.717) is 14.9 Å². The van der Waals surface area contributed by atoms with E-state index in [9.17, 15) is 4.39 Å². The first-order valence-electron chi connectivity index (χ1n) is 5.98. The van der Waals surface area contributed by atoms with Crippen LogP contribution in [0.2, 0.25) is 0 Å². The van der Waals surface area contributed by atoms with Gasteiger partial charge in [-0.15, -0.1) is 11.6 Å². The van der Waals surface area contributed by atoms with E-state index >= 15 is 0 Å². The zero-order chi connectivity index (χ0) is 14.4. The number of imidazole rings is 1. The average Bonchev–Trinajstić information content (AvgIpc) is 2.94. The summed E-state index contributed by atoms with van der Waals surface area (Å²) in [5.41, 5.74) is 2.23. The lowest BCUT2D eigenvalue weighted by Crippen LogP contribution is -2.01. The maximum absolute atomic E-state index is 13.9. The Morgan fingerprint density at radius 3 is 2.75 bits per heavy atom. The van der Waals surface area contributed by atoms with Gasteiger partial charge < -0.3 is 0 Å². The molecule has 1 atom stereocenters. The van der Waals surface area contributed by atoms with Crippen LogP contribution >= 0.6 is 34.2 Å². The molecular formula is C13H11ClFIN4. The number of nitrogens with zero attached hydrogens (tertiary/aromatic N) is 4. The molecule has 0 fully saturated rings. The van der Waals surface area contributed by atoms with Crippen LogP contribution in [0, 0.1) is 9.39 Å². The van der Waals surface area contributed by atoms with Gasteiger partial charge in [0.15, 0.2) is 0 Å². The predicted octanol–water partition coefficient (Wildman–Crippen LogP) is 3.80. The van der Waals surface area contributed by atoms with Gasteiger partial charge in [0.2, 0.25) is 0 Å². The molecule has 2 heterocycles. The van der Waals surface area contributed by atoms with Crippen molar-refractivity contribution in [1.82, 2.24) is 19.3 Å². The summed E-state index contributed by atoms with van der Waals surface area (Å²) in [5.74, 6) is 0.410. The van der Waals surface area contributed by atoms with Crippen LogP contribution in [-0.2, 0) is 7.05 Å². The minimum atomic E-state index is -0.289. The monoisotopic (exact) mass is 404 g/mol. The second-order valence-corrected chi connectivity index (χ2v) is 6.37. The molecule has 0 radical (unpaired) electrons. The van der Waals surface area contributed by atoms with E-state index in [0.717, 1.165) is 11.2 Å². The molecule has 0 saturated heterocycles. The second-order valence-electron chi connectivity index (χ2n) is 4.55. The summed E-state index contributed by atoms with van der Waals surface area (Å²) in [6.07, 6.45) is 3.56. The lowest BCUT2D eigenvalue weighted by molar-refractivity contribution is 0.621. The zero-order valence-corrected chi connectivity index (χ0v) is 13.7. The average molecular weight is 405 g/mol. The van der Waals surface area contributed by atoms with Crippen molar-refractivity contribution < 1.29 is 4.39 Å². The number of fused-ring (bicyclic) bond motifs is 1. The van der Waals surface area contributed by atoms with Gasteiger partial charge in [0.05, 0.1) is 31.9 Å². The van der Waals surface area contributed by atoms with E-state index in [-0.39, 0.29) is 11.2 Å². The molecule has 1 aromatic carbocycles. The third-order valence-corrected chi connectivity index (χ3v) is 4.05. The van der Waals surface area contributed by atoms with E-state index in [1.807, 2.05) is 47.3 Å². The number of alkyl halides is 1. The molecule has 1 unspecified atom stereocenters. The van der Waals surface area contributed by atoms with Crippen molar-refractivity contribution in [3.8, 4) is 5.69 Å². The van der Waals surface area contributed by atoms with Crippen molar-refractivity contribution in [2.45, 2.75) is 12.3 Å². The molecule has 0 N–H and O–H groups in total. The van der Waals surface area contributed by atoms with Gasteiger partial charge in [0, 0.05) is 19.3 Å². The topological polar surface area (TPSA) is 35.6 Å². The maximum Gasteiger partial charge on any atom is 0.138 e. The molecule has 4 nitrogen and oxygen atoms in total. The molecule has 0 aliphatic rings. The SMILES string of the molecule is CC(Cl)c1nc2cc(I)c(F)cc2n1-c1cnn(C)c1. The minimum Gasteiger partial charge on any atom is -0.292 e. The van der Waals surface area contributed by atoms with Gasteiger partial charge in [-0.3, -0.25) is 9.25 Å². The Labute approximate surface area is 133 Å². The normalized spacial score (nSPS) is 13.1. The van der Waals surface area contributed by atoms with Gasteiger partial charge in [-0.25, -0.2) is 9.37 Å². The molecule has 104 valence electrons. The molecule has 7 heteroatoms. The van der Waals surface area contributed by atoms with Crippen molar-refractivity contribution in [3.63, 3.8) is 0 Å². The standard InChI is InChI=1S/C13H11ClFIN4/c1-7(14)13-18-11-4-10(16)9(15)3-12(11)20(13)8-5-17-19(2)6-8/h3-7H,1-2H3. The number of hydrogen-bond donors (Lipinski definition) is 0. The highest BCUT2D eigenvalue weighted by Gasteiger charge is 2.18. The van der Waals surface area contributed by atoms with E-state index in [2.05, 4.69) is 10.1 Å². The molecule has 3 rings (SSSR count). The van der Waals surface area contributed by atoms with Crippen molar-refractivity contribution >= 4 is 45.2 Å². The highest BCUT2D eigenvalue weighted by atomic mass is 127. The lowest BCUT2D eigenvalue weighted by atomic mass is 10.3. The number of hydrogen-bond acceptors (Lipinski definition) is 2. The molecule has 0 bridgehead atoms. The van der Waals surface area contributed by atoms with Crippen molar-refractivity contribution in [3.05, 3.63) is 39.7 Å². The van der Waals surface area contributed by atoms with E-state index in [1.54, 1.807) is 16.9 Å². The van der Waals surface area contributed by atoms with Crippen LogP contribution in [-0.4, -0.2) is 19.3 Å². The van der Waals surface area contributed by atoms with Crippen LogP contribution in [0.3, 0.4) is 0 Å². The first-order chi connectivity index (χ1) is 9.47. The molecule has 20 heavy (non-hydrogen) atoms. The van der Waals surface area contributed by atoms with Crippen molar-refractivity contribution in [2.75, 3.05) is 0 Å². The van der Waals surface area contributed by atoms with Crippen LogP contribution in [0.4, 0.5) is 4.39 Å². The Morgan fingerprint density at radius 2 is 2.15 bits per heavy atom. The first-order valence-corrected chi connectivity index (χ1v) is 7.49. The van der Waals surface area contributed by atoms with Crippen LogP contribution in [0.5, 0.6) is 0 Å². The van der Waals surface area contributed by atoms with Gasteiger partial charge >= 0.3 is 0 Å².